The van der Waals surface area contributed by atoms with Crippen molar-refractivity contribution in [2.24, 2.45) is 11.8 Å². The molecule has 120 valence electrons. The van der Waals surface area contributed by atoms with Gasteiger partial charge in [0.2, 0.25) is 0 Å². The lowest BCUT2D eigenvalue weighted by molar-refractivity contribution is -0.139. The Bertz CT molecular complexity index is 360. The van der Waals surface area contributed by atoms with Crippen molar-refractivity contribution in [3.63, 3.8) is 0 Å². The lowest BCUT2D eigenvalue weighted by Crippen LogP contribution is -2.48. The molecule has 0 aliphatic rings. The Morgan fingerprint density at radius 1 is 1.14 bits per heavy atom. The number of terminal acetylenes is 1. The number of urea groups is 1. The monoisotopic (exact) mass is 296 g/mol. The molecule has 2 amide bonds. The van der Waals surface area contributed by atoms with Crippen LogP contribution in [0.25, 0.3) is 0 Å². The molecule has 0 aliphatic heterocycles. The number of rotatable bonds is 9. The van der Waals surface area contributed by atoms with Crippen LogP contribution in [0.4, 0.5) is 4.79 Å². The van der Waals surface area contributed by atoms with Crippen molar-refractivity contribution < 1.29 is 14.7 Å². The number of aliphatic carboxylic acids is 1. The third-order valence-electron chi connectivity index (χ3n) is 3.16. The standard InChI is InChI=1S/C16H28N2O3/c1-6-7-14(15(19)20)17-16(21)18(10-8-12(2)3)11-9-13(4)5/h1,12-14H,7-11H2,2-5H3,(H,17,21)(H,19,20). The zero-order valence-electron chi connectivity index (χ0n) is 13.6. The molecule has 0 aromatic carbocycles. The van der Waals surface area contributed by atoms with Crippen LogP contribution in [-0.2, 0) is 4.79 Å². The van der Waals surface area contributed by atoms with Gasteiger partial charge in [-0.3, -0.25) is 0 Å². The summed E-state index contributed by atoms with van der Waals surface area (Å²) in [7, 11) is 0. The van der Waals surface area contributed by atoms with Gasteiger partial charge in [0.05, 0.1) is 0 Å². The number of nitrogens with one attached hydrogen (secondary N) is 1. The average molecular weight is 296 g/mol. The molecule has 0 saturated heterocycles. The van der Waals surface area contributed by atoms with E-state index in [1.807, 2.05) is 0 Å². The van der Waals surface area contributed by atoms with Crippen molar-refractivity contribution in [3.05, 3.63) is 0 Å². The van der Waals surface area contributed by atoms with E-state index in [9.17, 15) is 9.59 Å². The van der Waals surface area contributed by atoms with Crippen LogP contribution in [-0.4, -0.2) is 41.1 Å². The van der Waals surface area contributed by atoms with Crippen molar-refractivity contribution in [1.82, 2.24) is 10.2 Å². The highest BCUT2D eigenvalue weighted by Gasteiger charge is 2.22. The van der Waals surface area contributed by atoms with Gasteiger partial charge < -0.3 is 15.3 Å². The van der Waals surface area contributed by atoms with Crippen LogP contribution < -0.4 is 5.32 Å². The Labute approximate surface area is 128 Å². The number of hydrogen-bond donors (Lipinski definition) is 2. The van der Waals surface area contributed by atoms with Crippen LogP contribution in [0.2, 0.25) is 0 Å². The van der Waals surface area contributed by atoms with Crippen LogP contribution in [0.15, 0.2) is 0 Å². The molecule has 1 atom stereocenters. The predicted octanol–water partition coefficient (Wildman–Crippen LogP) is 2.57. The maximum absolute atomic E-state index is 12.2. The van der Waals surface area contributed by atoms with E-state index in [2.05, 4.69) is 38.9 Å². The van der Waals surface area contributed by atoms with Crippen LogP contribution in [0.5, 0.6) is 0 Å². The fourth-order valence-corrected chi connectivity index (χ4v) is 1.70. The summed E-state index contributed by atoms with van der Waals surface area (Å²) in [6.07, 6.45) is 6.90. The van der Waals surface area contributed by atoms with E-state index in [0.29, 0.717) is 24.9 Å². The van der Waals surface area contributed by atoms with Gasteiger partial charge in [-0.1, -0.05) is 27.7 Å². The molecule has 5 heteroatoms. The fraction of sp³-hybridized carbons (Fsp3) is 0.750. The first-order valence-corrected chi connectivity index (χ1v) is 7.49. The molecule has 0 spiro atoms. The largest absolute Gasteiger partial charge is 0.480 e. The molecule has 0 aromatic rings. The Kier molecular flexibility index (Phi) is 9.27. The molecule has 5 nitrogen and oxygen atoms in total. The first kappa shape index (κ1) is 19.3. The highest BCUT2D eigenvalue weighted by molar-refractivity contribution is 5.82. The minimum atomic E-state index is -1.10. The maximum Gasteiger partial charge on any atom is 0.327 e. The molecule has 0 aromatic heterocycles. The van der Waals surface area contributed by atoms with Crippen LogP contribution in [0.1, 0.15) is 47.0 Å². The molecule has 0 heterocycles. The van der Waals surface area contributed by atoms with E-state index in [-0.39, 0.29) is 12.5 Å². The maximum atomic E-state index is 12.2. The van der Waals surface area contributed by atoms with E-state index < -0.39 is 12.0 Å². The molecule has 0 rings (SSSR count). The second kappa shape index (κ2) is 10.1. The minimum Gasteiger partial charge on any atom is -0.480 e. The summed E-state index contributed by atoms with van der Waals surface area (Å²) in [4.78, 5) is 25.0. The molecule has 0 fully saturated rings. The Balaban J connectivity index is 4.67. The molecule has 0 saturated carbocycles. The Morgan fingerprint density at radius 2 is 1.62 bits per heavy atom. The van der Waals surface area contributed by atoms with Gasteiger partial charge >= 0.3 is 12.0 Å². The number of carbonyl (C=O) groups excluding carboxylic acids is 1. The smallest absolute Gasteiger partial charge is 0.327 e. The normalized spacial score (nSPS) is 12.0. The number of amides is 2. The van der Waals surface area contributed by atoms with E-state index in [4.69, 9.17) is 11.5 Å². The summed E-state index contributed by atoms with van der Waals surface area (Å²) in [5, 5.41) is 11.6. The van der Waals surface area contributed by atoms with Crippen molar-refractivity contribution in [3.8, 4) is 12.3 Å². The quantitative estimate of drug-likeness (QED) is 0.642. The lowest BCUT2D eigenvalue weighted by atomic mass is 10.1. The van der Waals surface area contributed by atoms with Crippen molar-refractivity contribution >= 4 is 12.0 Å². The van der Waals surface area contributed by atoms with Crippen LogP contribution in [0.3, 0.4) is 0 Å². The minimum absolute atomic E-state index is 0.0106. The second-order valence-corrected chi connectivity index (χ2v) is 6.10. The number of nitrogens with zero attached hydrogens (tertiary/aromatic N) is 1. The third-order valence-corrected chi connectivity index (χ3v) is 3.16. The van der Waals surface area contributed by atoms with E-state index in [1.165, 1.54) is 0 Å². The average Bonchev–Trinajstić information content (AvgIpc) is 2.37. The Hall–Kier alpha value is -1.70. The number of hydrogen-bond acceptors (Lipinski definition) is 2. The number of carboxylic acid groups (broad SMARTS) is 1. The summed E-state index contributed by atoms with van der Waals surface area (Å²) in [5.74, 6) is 2.15. The van der Waals surface area contributed by atoms with E-state index >= 15 is 0 Å². The highest BCUT2D eigenvalue weighted by atomic mass is 16.4. The summed E-state index contributed by atoms with van der Waals surface area (Å²) < 4.78 is 0. The van der Waals surface area contributed by atoms with Gasteiger partial charge in [0.15, 0.2) is 0 Å². The Morgan fingerprint density at radius 3 is 1.95 bits per heavy atom. The molecule has 0 radical (unpaired) electrons. The highest BCUT2D eigenvalue weighted by Crippen LogP contribution is 2.07. The van der Waals surface area contributed by atoms with Crippen LogP contribution in [0, 0.1) is 24.2 Å². The number of carboxylic acids is 1. The molecular formula is C16H28N2O3. The second-order valence-electron chi connectivity index (χ2n) is 6.10. The zero-order valence-corrected chi connectivity index (χ0v) is 13.6. The molecule has 0 bridgehead atoms. The van der Waals surface area contributed by atoms with Crippen molar-refractivity contribution in [2.45, 2.75) is 53.0 Å². The lowest BCUT2D eigenvalue weighted by Gasteiger charge is -2.26. The van der Waals surface area contributed by atoms with Crippen molar-refractivity contribution in [2.75, 3.05) is 13.1 Å². The summed E-state index contributed by atoms with van der Waals surface area (Å²) in [5.41, 5.74) is 0. The van der Waals surface area contributed by atoms with Gasteiger partial charge in [-0.25, -0.2) is 9.59 Å². The predicted molar refractivity (Wildman–Crippen MR) is 83.9 cm³/mol. The fourth-order valence-electron chi connectivity index (χ4n) is 1.70. The van der Waals surface area contributed by atoms with Crippen LogP contribution >= 0.6 is 0 Å². The molecule has 0 aliphatic carbocycles. The summed E-state index contributed by atoms with van der Waals surface area (Å²) in [6.45, 7) is 9.62. The SMILES string of the molecule is C#CCC(NC(=O)N(CCC(C)C)CCC(C)C)C(=O)O. The van der Waals surface area contributed by atoms with E-state index in [0.717, 1.165) is 12.8 Å². The van der Waals surface area contributed by atoms with Gasteiger partial charge in [-0.2, -0.15) is 0 Å². The van der Waals surface area contributed by atoms with Gasteiger partial charge in [0, 0.05) is 19.5 Å². The molecule has 2 N–H and O–H groups in total. The van der Waals surface area contributed by atoms with Gasteiger partial charge in [0.25, 0.3) is 0 Å². The van der Waals surface area contributed by atoms with Gasteiger partial charge in [0.1, 0.15) is 6.04 Å². The molecule has 1 unspecified atom stereocenters. The number of carbonyl (C=O) groups is 2. The van der Waals surface area contributed by atoms with Crippen molar-refractivity contribution in [1.29, 1.82) is 0 Å². The summed E-state index contributed by atoms with van der Waals surface area (Å²) >= 11 is 0. The molecular weight excluding hydrogens is 268 g/mol. The first-order valence-electron chi connectivity index (χ1n) is 7.49. The first-order chi connectivity index (χ1) is 9.77. The zero-order chi connectivity index (χ0) is 16.4. The van der Waals surface area contributed by atoms with Gasteiger partial charge in [-0.15, -0.1) is 12.3 Å². The third kappa shape index (κ3) is 8.96. The summed E-state index contributed by atoms with van der Waals surface area (Å²) in [6, 6.07) is -1.37. The molecule has 21 heavy (non-hydrogen) atoms. The topological polar surface area (TPSA) is 69.6 Å². The van der Waals surface area contributed by atoms with Gasteiger partial charge in [-0.05, 0) is 24.7 Å². The van der Waals surface area contributed by atoms with E-state index in [1.54, 1.807) is 4.90 Å².